The van der Waals surface area contributed by atoms with E-state index in [2.05, 4.69) is 0 Å². The number of piperidine rings is 1. The summed E-state index contributed by atoms with van der Waals surface area (Å²) in [5.41, 5.74) is 0.595. The molecular weight excluding hydrogens is 504 g/mol. The summed E-state index contributed by atoms with van der Waals surface area (Å²) in [4.78, 5) is 15.0. The van der Waals surface area contributed by atoms with E-state index in [0.717, 1.165) is 6.42 Å². The highest BCUT2D eigenvalue weighted by atomic mass is 35.5. The minimum atomic E-state index is -3.59. The molecule has 0 bridgehead atoms. The molecule has 194 valence electrons. The van der Waals surface area contributed by atoms with Gasteiger partial charge >= 0.3 is 0 Å². The second kappa shape index (κ2) is 10.7. The van der Waals surface area contributed by atoms with Crippen LogP contribution in [-0.2, 0) is 14.8 Å². The maximum Gasteiger partial charge on any atom is 0.246 e. The van der Waals surface area contributed by atoms with Gasteiger partial charge in [-0.2, -0.15) is 4.31 Å². The molecular formula is C26H31ClN2O6S. The van der Waals surface area contributed by atoms with Gasteiger partial charge in [0.15, 0.2) is 11.5 Å². The van der Waals surface area contributed by atoms with Crippen molar-refractivity contribution < 1.29 is 27.4 Å². The molecule has 2 aliphatic heterocycles. The van der Waals surface area contributed by atoms with Crippen LogP contribution in [0.3, 0.4) is 0 Å². The van der Waals surface area contributed by atoms with Crippen LogP contribution in [0.4, 0.5) is 0 Å². The van der Waals surface area contributed by atoms with E-state index in [4.69, 9.17) is 25.8 Å². The van der Waals surface area contributed by atoms with Crippen molar-refractivity contribution in [2.24, 2.45) is 5.41 Å². The number of carbonyl (C=O) groups is 1. The second-order valence-corrected chi connectivity index (χ2v) is 11.4. The van der Waals surface area contributed by atoms with E-state index < -0.39 is 10.0 Å². The van der Waals surface area contributed by atoms with Crippen LogP contribution < -0.4 is 14.2 Å². The van der Waals surface area contributed by atoms with Crippen molar-refractivity contribution in [3.8, 4) is 17.2 Å². The summed E-state index contributed by atoms with van der Waals surface area (Å²) in [6.45, 7) is 2.12. The van der Waals surface area contributed by atoms with Crippen LogP contribution in [0.5, 0.6) is 17.2 Å². The number of benzene rings is 2. The summed E-state index contributed by atoms with van der Waals surface area (Å²) in [6, 6.07) is 10.1. The number of hydrogen-bond donors (Lipinski definition) is 0. The lowest BCUT2D eigenvalue weighted by Crippen LogP contribution is -2.44. The molecule has 2 aromatic rings. The van der Waals surface area contributed by atoms with Crippen LogP contribution in [0.15, 0.2) is 47.4 Å². The summed E-state index contributed by atoms with van der Waals surface area (Å²) >= 11 is 6.42. The van der Waals surface area contributed by atoms with Crippen LogP contribution in [0, 0.1) is 5.41 Å². The van der Waals surface area contributed by atoms with Crippen molar-refractivity contribution in [3.05, 3.63) is 53.1 Å². The van der Waals surface area contributed by atoms with Crippen molar-refractivity contribution in [2.75, 3.05) is 47.5 Å². The number of methoxy groups -OCH3 is 3. The predicted molar refractivity (Wildman–Crippen MR) is 138 cm³/mol. The summed E-state index contributed by atoms with van der Waals surface area (Å²) in [5, 5.41) is 0.378. The quantitative estimate of drug-likeness (QED) is 0.498. The largest absolute Gasteiger partial charge is 0.497 e. The highest BCUT2D eigenvalue weighted by Crippen LogP contribution is 2.42. The normalized spacial score (nSPS) is 18.1. The first-order valence-corrected chi connectivity index (χ1v) is 13.6. The Bertz CT molecular complexity index is 1260. The van der Waals surface area contributed by atoms with Crippen molar-refractivity contribution in [3.63, 3.8) is 0 Å². The van der Waals surface area contributed by atoms with Crippen molar-refractivity contribution in [1.29, 1.82) is 0 Å². The van der Waals surface area contributed by atoms with Crippen LogP contribution >= 0.6 is 11.6 Å². The Labute approximate surface area is 217 Å². The van der Waals surface area contributed by atoms with Crippen molar-refractivity contribution in [2.45, 2.75) is 24.2 Å². The number of amides is 1. The molecule has 2 saturated heterocycles. The number of hydrogen-bond acceptors (Lipinski definition) is 6. The van der Waals surface area contributed by atoms with Gasteiger partial charge in [0.25, 0.3) is 0 Å². The number of likely N-dealkylation sites (tertiary alicyclic amines) is 1. The Morgan fingerprint density at radius 2 is 1.72 bits per heavy atom. The SMILES string of the molecule is COc1cccc(S(=O)(=O)N2CCC3(CCN(C(=O)C=Cc4ccc(OC)c(OC)c4Cl)C3)CC2)c1. The van der Waals surface area contributed by atoms with Gasteiger partial charge in [-0.1, -0.05) is 17.7 Å². The molecule has 36 heavy (non-hydrogen) atoms. The summed E-state index contributed by atoms with van der Waals surface area (Å²) < 4.78 is 43.6. The van der Waals surface area contributed by atoms with E-state index in [0.29, 0.717) is 66.9 Å². The van der Waals surface area contributed by atoms with Gasteiger partial charge in [0.2, 0.25) is 15.9 Å². The summed E-state index contributed by atoms with van der Waals surface area (Å²) in [5.74, 6) is 1.36. The molecule has 0 radical (unpaired) electrons. The van der Waals surface area contributed by atoms with Gasteiger partial charge in [0, 0.05) is 38.3 Å². The van der Waals surface area contributed by atoms with Gasteiger partial charge in [0.05, 0.1) is 31.2 Å². The first kappa shape index (κ1) is 26.3. The number of ether oxygens (including phenoxy) is 3. The Morgan fingerprint density at radius 1 is 1.00 bits per heavy atom. The van der Waals surface area contributed by atoms with Crippen molar-refractivity contribution in [1.82, 2.24) is 9.21 Å². The zero-order valence-corrected chi connectivity index (χ0v) is 22.3. The van der Waals surface area contributed by atoms with E-state index in [1.807, 2.05) is 4.90 Å². The van der Waals surface area contributed by atoms with Crippen LogP contribution in [0.1, 0.15) is 24.8 Å². The standard InChI is InChI=1S/C26H31ClN2O6S/c1-33-20-5-4-6-21(17-20)36(31,32)29-15-12-26(13-16-29)11-14-28(18-26)23(30)10-8-19-7-9-22(34-2)25(35-3)24(19)27/h4-10,17H,11-16,18H2,1-3H3. The Kier molecular flexibility index (Phi) is 7.82. The minimum absolute atomic E-state index is 0.0646. The predicted octanol–water partition coefficient (Wildman–Crippen LogP) is 4.08. The molecule has 10 heteroatoms. The fraction of sp³-hybridized carbons (Fsp3) is 0.423. The molecule has 4 rings (SSSR count). The number of halogens is 1. The zero-order chi connectivity index (χ0) is 25.9. The molecule has 8 nitrogen and oxygen atoms in total. The van der Waals surface area contributed by atoms with Gasteiger partial charge in [-0.15, -0.1) is 0 Å². The number of nitrogens with zero attached hydrogens (tertiary/aromatic N) is 2. The number of carbonyl (C=O) groups excluding carboxylic acids is 1. The third-order valence-corrected chi connectivity index (χ3v) is 9.42. The molecule has 0 aliphatic carbocycles. The second-order valence-electron chi connectivity index (χ2n) is 9.13. The highest BCUT2D eigenvalue weighted by molar-refractivity contribution is 7.89. The molecule has 0 atom stereocenters. The zero-order valence-electron chi connectivity index (χ0n) is 20.7. The third-order valence-electron chi connectivity index (χ3n) is 7.13. The summed E-state index contributed by atoms with van der Waals surface area (Å²) in [6.07, 6.45) is 5.49. The van der Waals surface area contributed by atoms with Crippen LogP contribution in [0.2, 0.25) is 5.02 Å². The topological polar surface area (TPSA) is 85.4 Å². The first-order valence-electron chi connectivity index (χ1n) is 11.7. The number of rotatable bonds is 7. The van der Waals surface area contributed by atoms with E-state index in [1.165, 1.54) is 31.7 Å². The smallest absolute Gasteiger partial charge is 0.246 e. The molecule has 0 unspecified atom stereocenters. The maximum atomic E-state index is 13.1. The van der Waals surface area contributed by atoms with Gasteiger partial charge in [0.1, 0.15) is 5.75 Å². The Balaban J connectivity index is 1.38. The fourth-order valence-electron chi connectivity index (χ4n) is 4.94. The Hall–Kier alpha value is -2.75. The van der Waals surface area contributed by atoms with Gasteiger partial charge in [-0.05, 0) is 60.6 Å². The highest BCUT2D eigenvalue weighted by Gasteiger charge is 2.43. The fourth-order valence-corrected chi connectivity index (χ4v) is 6.72. The first-order chi connectivity index (χ1) is 17.2. The lowest BCUT2D eigenvalue weighted by molar-refractivity contribution is -0.125. The molecule has 0 aromatic heterocycles. The van der Waals surface area contributed by atoms with E-state index in [-0.39, 0.29) is 16.2 Å². The lowest BCUT2D eigenvalue weighted by Gasteiger charge is -2.38. The summed E-state index contributed by atoms with van der Waals surface area (Å²) in [7, 11) is 0.970. The van der Waals surface area contributed by atoms with Crippen molar-refractivity contribution >= 4 is 33.6 Å². The molecule has 1 spiro atoms. The molecule has 0 N–H and O–H groups in total. The van der Waals surface area contributed by atoms with E-state index in [9.17, 15) is 13.2 Å². The van der Waals surface area contributed by atoms with Gasteiger partial charge in [-0.25, -0.2) is 8.42 Å². The van der Waals surface area contributed by atoms with E-state index in [1.54, 1.807) is 42.5 Å². The minimum Gasteiger partial charge on any atom is -0.497 e. The monoisotopic (exact) mass is 534 g/mol. The molecule has 2 aromatic carbocycles. The lowest BCUT2D eigenvalue weighted by atomic mass is 9.78. The average Bonchev–Trinajstić information content (AvgIpc) is 3.31. The van der Waals surface area contributed by atoms with E-state index >= 15 is 0 Å². The Morgan fingerprint density at radius 3 is 2.39 bits per heavy atom. The molecule has 0 saturated carbocycles. The molecule has 1 amide bonds. The maximum absolute atomic E-state index is 13.1. The molecule has 2 fully saturated rings. The van der Waals surface area contributed by atoms with Crippen LogP contribution in [-0.4, -0.2) is 71.0 Å². The van der Waals surface area contributed by atoms with Crippen LogP contribution in [0.25, 0.3) is 6.08 Å². The average molecular weight is 535 g/mol. The third kappa shape index (κ3) is 5.19. The van der Waals surface area contributed by atoms with Gasteiger partial charge in [-0.3, -0.25) is 4.79 Å². The number of sulfonamides is 1. The van der Waals surface area contributed by atoms with Gasteiger partial charge < -0.3 is 19.1 Å². The molecule has 2 aliphatic rings. The molecule has 2 heterocycles.